The zero-order valence-electron chi connectivity index (χ0n) is 21.6. The van der Waals surface area contributed by atoms with Crippen LogP contribution in [0.3, 0.4) is 0 Å². The molecular formula is C28H24F4N4O4S. The number of fused-ring (bicyclic) bond motifs is 2. The molecule has 2 aliphatic rings. The zero-order valence-corrected chi connectivity index (χ0v) is 22.4. The Morgan fingerprint density at radius 2 is 1.93 bits per heavy atom. The summed E-state index contributed by atoms with van der Waals surface area (Å²) in [6.07, 6.45) is -3.42. The fourth-order valence-electron chi connectivity index (χ4n) is 5.14. The van der Waals surface area contributed by atoms with Crippen molar-refractivity contribution in [1.82, 2.24) is 15.3 Å². The van der Waals surface area contributed by atoms with Gasteiger partial charge in [-0.15, -0.1) is 0 Å². The Morgan fingerprint density at radius 3 is 2.59 bits per heavy atom. The minimum atomic E-state index is -4.60. The van der Waals surface area contributed by atoms with Crippen LogP contribution in [-0.4, -0.2) is 47.4 Å². The number of halogens is 4. The lowest BCUT2D eigenvalue weighted by Gasteiger charge is -2.29. The van der Waals surface area contributed by atoms with Gasteiger partial charge < -0.3 is 25.6 Å². The second-order valence-corrected chi connectivity index (χ2v) is 11.2. The maximum absolute atomic E-state index is 14.0. The molecule has 3 heterocycles. The van der Waals surface area contributed by atoms with E-state index in [0.29, 0.717) is 39.5 Å². The highest BCUT2D eigenvalue weighted by atomic mass is 32.1. The normalized spacial score (nSPS) is 18.0. The van der Waals surface area contributed by atoms with Crippen LogP contribution in [0.15, 0.2) is 42.5 Å². The number of nitrogens with zero attached hydrogens (tertiary/aromatic N) is 2. The molecule has 1 aliphatic carbocycles. The summed E-state index contributed by atoms with van der Waals surface area (Å²) in [6.45, 7) is -0.947. The van der Waals surface area contributed by atoms with Gasteiger partial charge in [0.05, 0.1) is 24.0 Å². The van der Waals surface area contributed by atoms with Crippen molar-refractivity contribution < 1.29 is 36.9 Å². The van der Waals surface area contributed by atoms with Gasteiger partial charge in [-0.2, -0.15) is 13.2 Å². The van der Waals surface area contributed by atoms with E-state index in [-0.39, 0.29) is 40.7 Å². The van der Waals surface area contributed by atoms with Gasteiger partial charge in [0.1, 0.15) is 46.7 Å². The number of alkyl halides is 3. The van der Waals surface area contributed by atoms with Gasteiger partial charge in [-0.1, -0.05) is 11.3 Å². The molecule has 1 amide bonds. The minimum Gasteiger partial charge on any atom is -0.494 e. The average molecular weight is 589 g/mol. The minimum absolute atomic E-state index is 0.0265. The molecule has 6 rings (SSSR count). The maximum atomic E-state index is 14.0. The van der Waals surface area contributed by atoms with Crippen molar-refractivity contribution in [1.29, 1.82) is 0 Å². The number of amides is 1. The highest BCUT2D eigenvalue weighted by molar-refractivity contribution is 7.22. The molecule has 2 atom stereocenters. The molecule has 2 aromatic heterocycles. The lowest BCUT2D eigenvalue weighted by Crippen LogP contribution is -2.43. The van der Waals surface area contributed by atoms with Crippen molar-refractivity contribution in [2.45, 2.75) is 30.5 Å². The number of hydrogen-bond acceptors (Lipinski definition) is 8. The summed E-state index contributed by atoms with van der Waals surface area (Å²) in [7, 11) is 1.44. The second-order valence-electron chi connectivity index (χ2n) is 10.1. The number of pyridine rings is 1. The third-order valence-corrected chi connectivity index (χ3v) is 8.29. The molecule has 4 N–H and O–H groups in total. The topological polar surface area (TPSA) is 120 Å². The van der Waals surface area contributed by atoms with Gasteiger partial charge in [0, 0.05) is 16.7 Å². The van der Waals surface area contributed by atoms with Gasteiger partial charge in [0.25, 0.3) is 5.91 Å². The van der Waals surface area contributed by atoms with Gasteiger partial charge in [-0.25, -0.2) is 14.4 Å². The summed E-state index contributed by atoms with van der Waals surface area (Å²) in [5, 5.41) is 15.0. The summed E-state index contributed by atoms with van der Waals surface area (Å²) in [4.78, 5) is 22.0. The Labute approximate surface area is 235 Å². The molecule has 1 fully saturated rings. The van der Waals surface area contributed by atoms with Crippen LogP contribution in [0, 0.1) is 11.7 Å². The second kappa shape index (κ2) is 9.84. The number of nitrogens with two attached hydrogens (primary N) is 1. The predicted molar refractivity (Wildman–Crippen MR) is 143 cm³/mol. The molecule has 0 unspecified atom stereocenters. The Bertz CT molecular complexity index is 1660. The summed E-state index contributed by atoms with van der Waals surface area (Å²) in [5.41, 5.74) is 4.99. The van der Waals surface area contributed by atoms with Crippen molar-refractivity contribution in [3.8, 4) is 22.8 Å². The molecule has 214 valence electrons. The molecule has 13 heteroatoms. The maximum Gasteiger partial charge on any atom is 0.399 e. The summed E-state index contributed by atoms with van der Waals surface area (Å²) in [6, 6.07) is 9.43. The Morgan fingerprint density at radius 1 is 1.20 bits per heavy atom. The number of rotatable bonds is 7. The first-order valence-electron chi connectivity index (χ1n) is 12.7. The fraction of sp³-hybridized carbons (Fsp3) is 0.321. The molecule has 0 radical (unpaired) electrons. The number of hydrogen-bond donors (Lipinski definition) is 3. The van der Waals surface area contributed by atoms with Gasteiger partial charge in [0.2, 0.25) is 0 Å². The molecule has 4 aromatic rings. The lowest BCUT2D eigenvalue weighted by molar-refractivity contribution is -0.151. The van der Waals surface area contributed by atoms with Gasteiger partial charge in [-0.3, -0.25) is 4.79 Å². The summed E-state index contributed by atoms with van der Waals surface area (Å²) < 4.78 is 66.9. The number of benzene rings is 2. The first-order valence-corrected chi connectivity index (χ1v) is 13.5. The molecule has 41 heavy (non-hydrogen) atoms. The van der Waals surface area contributed by atoms with Crippen LogP contribution in [0.5, 0.6) is 11.5 Å². The third kappa shape index (κ3) is 4.93. The number of aromatic nitrogens is 2. The highest BCUT2D eigenvalue weighted by Gasteiger charge is 2.51. The van der Waals surface area contributed by atoms with Crippen LogP contribution >= 0.6 is 11.3 Å². The first-order chi connectivity index (χ1) is 19.5. The lowest BCUT2D eigenvalue weighted by atomic mass is 9.88. The summed E-state index contributed by atoms with van der Waals surface area (Å²) in [5.74, 6) is -3.05. The molecule has 0 saturated heterocycles. The Hall–Kier alpha value is -3.97. The molecule has 1 aliphatic heterocycles. The standard InChI is InChI=1S/C28H24F4N4O4S/c1-39-19-8-14(9-20-23(19)36-26(33)41-20)25(37)34-12-27(38,15-4-5-15)21-10-17-18(28(30,31)32)11-40-24(17)22(35-21)13-2-6-16(29)7-3-13/h2-3,6-10,15,18,38H,4-5,11-12H2,1H3,(H2,33,36)(H,34,37)/t18-,27-/m1/s1. The molecule has 1 saturated carbocycles. The Kier molecular flexibility index (Phi) is 6.53. The number of carbonyl (C=O) groups is 1. The number of thiazole rings is 1. The van der Waals surface area contributed by atoms with Crippen LogP contribution in [-0.2, 0) is 5.60 Å². The number of nitrogen functional groups attached to an aromatic ring is 1. The van der Waals surface area contributed by atoms with E-state index < -0.39 is 36.0 Å². The van der Waals surface area contributed by atoms with E-state index in [4.69, 9.17) is 15.2 Å². The monoisotopic (exact) mass is 588 g/mol. The smallest absolute Gasteiger partial charge is 0.399 e. The van der Waals surface area contributed by atoms with Crippen molar-refractivity contribution in [3.05, 3.63) is 65.1 Å². The van der Waals surface area contributed by atoms with E-state index in [0.717, 1.165) is 0 Å². The van der Waals surface area contributed by atoms with E-state index in [1.54, 1.807) is 6.07 Å². The van der Waals surface area contributed by atoms with E-state index >= 15 is 0 Å². The zero-order chi connectivity index (χ0) is 29.1. The third-order valence-electron chi connectivity index (χ3n) is 7.46. The number of ether oxygens (including phenoxy) is 2. The van der Waals surface area contributed by atoms with Crippen molar-refractivity contribution in [2.75, 3.05) is 26.0 Å². The number of carbonyl (C=O) groups excluding carboxylic acids is 1. The van der Waals surface area contributed by atoms with Crippen LogP contribution in [0.1, 0.15) is 40.4 Å². The van der Waals surface area contributed by atoms with Crippen molar-refractivity contribution in [3.63, 3.8) is 0 Å². The van der Waals surface area contributed by atoms with E-state index in [9.17, 15) is 27.5 Å². The molecular weight excluding hydrogens is 564 g/mol. The quantitative estimate of drug-likeness (QED) is 0.255. The van der Waals surface area contributed by atoms with Crippen LogP contribution in [0.2, 0.25) is 0 Å². The molecule has 2 aromatic carbocycles. The van der Waals surface area contributed by atoms with Crippen molar-refractivity contribution >= 4 is 32.6 Å². The number of aliphatic hydroxyl groups is 1. The van der Waals surface area contributed by atoms with Crippen LogP contribution in [0.25, 0.3) is 21.5 Å². The van der Waals surface area contributed by atoms with Gasteiger partial charge >= 0.3 is 6.18 Å². The molecule has 8 nitrogen and oxygen atoms in total. The van der Waals surface area contributed by atoms with Gasteiger partial charge in [0.15, 0.2) is 5.13 Å². The Balaban J connectivity index is 1.38. The van der Waals surface area contributed by atoms with Crippen LogP contribution < -0.4 is 20.5 Å². The first kappa shape index (κ1) is 27.2. The van der Waals surface area contributed by atoms with E-state index in [2.05, 4.69) is 15.3 Å². The highest BCUT2D eigenvalue weighted by Crippen LogP contribution is 2.51. The number of methoxy groups -OCH3 is 1. The number of anilines is 1. The predicted octanol–water partition coefficient (Wildman–Crippen LogP) is 5.15. The number of nitrogens with one attached hydrogen (secondary N) is 1. The SMILES string of the molecule is COc1cc(C(=O)NC[C@](O)(c2cc3c(c(-c4ccc(F)cc4)n2)OC[C@H]3C(F)(F)F)C2CC2)cc2sc(N)nc12. The van der Waals surface area contributed by atoms with Crippen molar-refractivity contribution in [2.24, 2.45) is 5.92 Å². The summed E-state index contributed by atoms with van der Waals surface area (Å²) >= 11 is 1.18. The van der Waals surface area contributed by atoms with Crippen LogP contribution in [0.4, 0.5) is 22.7 Å². The van der Waals surface area contributed by atoms with E-state index in [1.165, 1.54) is 54.8 Å². The fourth-order valence-corrected chi connectivity index (χ4v) is 5.93. The molecule has 0 bridgehead atoms. The molecule has 0 spiro atoms. The average Bonchev–Trinajstić information content (AvgIpc) is 3.59. The largest absolute Gasteiger partial charge is 0.494 e. The van der Waals surface area contributed by atoms with E-state index in [1.807, 2.05) is 0 Å². The van der Waals surface area contributed by atoms with Gasteiger partial charge in [-0.05, 0) is 61.2 Å².